The van der Waals surface area contributed by atoms with Crippen molar-refractivity contribution in [2.24, 2.45) is 29.1 Å². The number of fused-ring (bicyclic) bond motifs is 2. The lowest BCUT2D eigenvalue weighted by Crippen LogP contribution is -2.62. The second kappa shape index (κ2) is 17.3. The molecule has 0 aromatic heterocycles. The third-order valence-corrected chi connectivity index (χ3v) is 12.8. The highest BCUT2D eigenvalue weighted by Crippen LogP contribution is 2.61. The molecule has 3 aromatic carbocycles. The van der Waals surface area contributed by atoms with E-state index in [4.69, 9.17) is 9.57 Å². The van der Waals surface area contributed by atoms with Gasteiger partial charge >= 0.3 is 12.1 Å². The first-order chi connectivity index (χ1) is 27.4. The summed E-state index contributed by atoms with van der Waals surface area (Å²) >= 11 is 0. The zero-order valence-corrected chi connectivity index (χ0v) is 34.2. The van der Waals surface area contributed by atoms with E-state index in [1.807, 2.05) is 78.9 Å². The number of aliphatic hydroxyl groups is 1. The molecular formula is C44H56F3N5O6. The van der Waals surface area contributed by atoms with E-state index in [9.17, 15) is 32.7 Å². The zero-order valence-electron chi connectivity index (χ0n) is 34.2. The molecule has 1 aliphatic heterocycles. The molecule has 2 bridgehead atoms. The van der Waals surface area contributed by atoms with Gasteiger partial charge in [0.1, 0.15) is 17.9 Å². The quantitative estimate of drug-likeness (QED) is 0.162. The molecule has 314 valence electrons. The Balaban J connectivity index is 1.29. The molecule has 8 atom stereocenters. The second-order valence-corrected chi connectivity index (χ2v) is 16.9. The van der Waals surface area contributed by atoms with Crippen molar-refractivity contribution in [3.05, 3.63) is 83.4 Å². The molecule has 3 aliphatic carbocycles. The number of nitrogens with zero attached hydrogens (tertiary/aromatic N) is 2. The highest BCUT2D eigenvalue weighted by Gasteiger charge is 2.57. The fourth-order valence-electron chi connectivity index (χ4n) is 9.36. The number of rotatable bonds is 14. The summed E-state index contributed by atoms with van der Waals surface area (Å²) in [5.41, 5.74) is 4.43. The van der Waals surface area contributed by atoms with E-state index in [-0.39, 0.29) is 29.8 Å². The number of nitrogens with one attached hydrogen (secondary N) is 3. The number of carbonyl (C=O) groups excluding carboxylic acids is 3. The van der Waals surface area contributed by atoms with Crippen LogP contribution in [-0.4, -0.2) is 92.7 Å². The molecule has 58 heavy (non-hydrogen) atoms. The molecule has 4 aliphatic rings. The van der Waals surface area contributed by atoms with Crippen molar-refractivity contribution in [1.82, 2.24) is 21.0 Å². The monoisotopic (exact) mass is 807 g/mol. The van der Waals surface area contributed by atoms with Crippen LogP contribution in [0.2, 0.25) is 0 Å². The molecule has 3 amide bonds. The average molecular weight is 808 g/mol. The van der Waals surface area contributed by atoms with Crippen LogP contribution in [0.25, 0.3) is 11.1 Å². The summed E-state index contributed by atoms with van der Waals surface area (Å²) in [6.45, 7) is 7.93. The number of methoxy groups -OCH3 is 1. The lowest BCUT2D eigenvalue weighted by Gasteiger charge is -2.62. The molecular weight excluding hydrogens is 752 g/mol. The van der Waals surface area contributed by atoms with Gasteiger partial charge in [-0.1, -0.05) is 69.3 Å². The highest BCUT2D eigenvalue weighted by molar-refractivity contribution is 5.97. The summed E-state index contributed by atoms with van der Waals surface area (Å²) in [4.78, 5) is 47.9. The largest absolute Gasteiger partial charge is 0.496 e. The number of hydrogen-bond acceptors (Lipinski definition) is 8. The second-order valence-electron chi connectivity index (χ2n) is 16.9. The van der Waals surface area contributed by atoms with Crippen LogP contribution in [0.3, 0.4) is 0 Å². The molecule has 3 saturated carbocycles. The van der Waals surface area contributed by atoms with Crippen LogP contribution in [0.1, 0.15) is 62.0 Å². The number of para-hydroxylation sites is 1. The Labute approximate surface area is 338 Å². The molecule has 0 unspecified atom stereocenters. The lowest BCUT2D eigenvalue weighted by atomic mass is 9.45. The van der Waals surface area contributed by atoms with Crippen LogP contribution in [0.5, 0.6) is 5.75 Å². The first-order valence-corrected chi connectivity index (χ1v) is 20.0. The van der Waals surface area contributed by atoms with Crippen molar-refractivity contribution in [3.63, 3.8) is 0 Å². The molecule has 0 spiro atoms. The number of ether oxygens (including phenoxy) is 1. The van der Waals surface area contributed by atoms with Crippen LogP contribution in [0.15, 0.2) is 66.7 Å². The van der Waals surface area contributed by atoms with Crippen molar-refractivity contribution < 1.29 is 42.2 Å². The third-order valence-electron chi connectivity index (χ3n) is 12.8. The van der Waals surface area contributed by atoms with Crippen molar-refractivity contribution in [1.29, 1.82) is 0 Å². The summed E-state index contributed by atoms with van der Waals surface area (Å²) < 4.78 is 45.7. The van der Waals surface area contributed by atoms with Crippen LogP contribution < -0.4 is 25.6 Å². The standard InChI is InChI=1S/C44H56F3N5O6/c1-25-34-21-31(43(34,3)4)22-35(25)50-41(55)38-37(26(2)53)36(23-49-42(56)44(45,46)47)58-52(38)24-28-14-11-15-33(39(28)57-7)29-18-30(20-32(19-29)51(5)6)40(54)48-17-16-27-12-9-8-10-13-27/h8-15,18-20,25-26,31,34-38,53H,16-17,21-24H2,1-7H3,(H,48,54)(H,49,56)(H,50,55)/t25-,26-,31+,34-,35-,36-,37+,38-/m0/s1. The summed E-state index contributed by atoms with van der Waals surface area (Å²) in [6, 6.07) is 19.6. The third kappa shape index (κ3) is 8.98. The van der Waals surface area contributed by atoms with Crippen molar-refractivity contribution in [2.45, 2.75) is 84.0 Å². The average Bonchev–Trinajstić information content (AvgIpc) is 3.55. The van der Waals surface area contributed by atoms with Crippen LogP contribution in [0, 0.1) is 29.1 Å². The zero-order chi connectivity index (χ0) is 42.1. The Morgan fingerprint density at radius 2 is 1.76 bits per heavy atom. The van der Waals surface area contributed by atoms with E-state index < -0.39 is 48.7 Å². The number of alkyl halides is 3. The van der Waals surface area contributed by atoms with Crippen molar-refractivity contribution in [3.8, 4) is 16.9 Å². The van der Waals surface area contributed by atoms with E-state index in [1.165, 1.54) is 19.1 Å². The molecule has 4 N–H and O–H groups in total. The van der Waals surface area contributed by atoms with E-state index in [0.29, 0.717) is 52.8 Å². The number of aliphatic hydroxyl groups excluding tert-OH is 1. The van der Waals surface area contributed by atoms with Gasteiger partial charge in [-0.25, -0.2) is 0 Å². The first-order valence-electron chi connectivity index (χ1n) is 20.0. The van der Waals surface area contributed by atoms with Gasteiger partial charge in [-0.2, -0.15) is 18.2 Å². The molecule has 11 nitrogen and oxygen atoms in total. The van der Waals surface area contributed by atoms with Gasteiger partial charge in [0.25, 0.3) is 5.91 Å². The van der Waals surface area contributed by atoms with Gasteiger partial charge in [-0.15, -0.1) is 0 Å². The summed E-state index contributed by atoms with van der Waals surface area (Å²) in [7, 11) is 5.27. The smallest absolute Gasteiger partial charge is 0.471 e. The highest BCUT2D eigenvalue weighted by atomic mass is 19.4. The fraction of sp³-hybridized carbons (Fsp3) is 0.523. The van der Waals surface area contributed by atoms with Crippen LogP contribution >= 0.6 is 0 Å². The summed E-state index contributed by atoms with van der Waals surface area (Å²) in [5.74, 6) is -2.28. The number of amides is 3. The molecule has 0 radical (unpaired) electrons. The van der Waals surface area contributed by atoms with Gasteiger partial charge < -0.3 is 30.7 Å². The Hall–Kier alpha value is -4.66. The maximum Gasteiger partial charge on any atom is 0.471 e. The minimum atomic E-state index is -5.12. The number of carbonyl (C=O) groups is 3. The number of hydrogen-bond donors (Lipinski definition) is 4. The van der Waals surface area contributed by atoms with Gasteiger partial charge in [-0.3, -0.25) is 19.2 Å². The summed E-state index contributed by atoms with van der Waals surface area (Å²) in [6.07, 6.45) is -4.91. The van der Waals surface area contributed by atoms with Gasteiger partial charge in [-0.05, 0) is 78.7 Å². The minimum Gasteiger partial charge on any atom is -0.496 e. The van der Waals surface area contributed by atoms with Crippen molar-refractivity contribution >= 4 is 23.4 Å². The van der Waals surface area contributed by atoms with Gasteiger partial charge in [0.05, 0.1) is 19.8 Å². The number of hydroxylamine groups is 2. The molecule has 7 rings (SSSR count). The SMILES string of the molecule is COc1c(CN2O[C@@H](CNC(=O)C(F)(F)F)[C@@H]([C@H](C)O)[C@H]2C(=O)N[C@H]2C[C@H]3C[C@@H]([C@@H]2C)C3(C)C)cccc1-c1cc(C(=O)NCCc2ccccc2)cc(N(C)C)c1. The van der Waals surface area contributed by atoms with Crippen LogP contribution in [-0.2, 0) is 27.4 Å². The predicted octanol–water partition coefficient (Wildman–Crippen LogP) is 5.75. The minimum absolute atomic E-state index is 0.0548. The number of halogens is 3. The Bertz CT molecular complexity index is 1960. The number of anilines is 1. The maximum atomic E-state index is 14.4. The Morgan fingerprint density at radius 3 is 2.38 bits per heavy atom. The van der Waals surface area contributed by atoms with E-state index in [2.05, 4.69) is 31.4 Å². The lowest BCUT2D eigenvalue weighted by molar-refractivity contribution is -0.183. The molecule has 3 aromatic rings. The molecule has 14 heteroatoms. The van der Waals surface area contributed by atoms with Gasteiger partial charge in [0.2, 0.25) is 5.91 Å². The molecule has 1 saturated heterocycles. The van der Waals surface area contributed by atoms with E-state index >= 15 is 0 Å². The van der Waals surface area contributed by atoms with E-state index in [0.717, 1.165) is 24.1 Å². The predicted molar refractivity (Wildman–Crippen MR) is 215 cm³/mol. The molecule has 4 fully saturated rings. The Morgan fingerprint density at radius 1 is 1.03 bits per heavy atom. The first kappa shape index (κ1) is 42.9. The number of benzene rings is 3. The van der Waals surface area contributed by atoms with Crippen LogP contribution in [0.4, 0.5) is 18.9 Å². The van der Waals surface area contributed by atoms with Gasteiger partial charge in [0.15, 0.2) is 0 Å². The topological polar surface area (TPSA) is 132 Å². The fourth-order valence-corrected chi connectivity index (χ4v) is 9.36. The summed E-state index contributed by atoms with van der Waals surface area (Å²) in [5, 5.41) is 20.6. The van der Waals surface area contributed by atoms with Gasteiger partial charge in [0, 0.05) is 61.5 Å². The Kier molecular flexibility index (Phi) is 12.8. The van der Waals surface area contributed by atoms with E-state index in [1.54, 1.807) is 12.1 Å². The maximum absolute atomic E-state index is 14.4. The normalized spacial score (nSPS) is 25.6. The molecule has 1 heterocycles. The van der Waals surface area contributed by atoms with Crippen molar-refractivity contribution in [2.75, 3.05) is 39.2 Å².